The van der Waals surface area contributed by atoms with Crippen molar-refractivity contribution in [2.45, 2.75) is 78.7 Å². The predicted octanol–water partition coefficient (Wildman–Crippen LogP) is 7.84. The fourth-order valence-electron chi connectivity index (χ4n) is 3.37. The van der Waals surface area contributed by atoms with Crippen LogP contribution in [0.3, 0.4) is 0 Å². The number of fused-ring (bicyclic) bond motifs is 1. The average molecular weight is 619 g/mol. The minimum atomic E-state index is -0.913. The number of alkyl carbamates (subject to hydrolysis) is 1. The van der Waals surface area contributed by atoms with Crippen molar-refractivity contribution in [1.82, 2.24) is 10.3 Å². The molecule has 0 fully saturated rings. The second-order valence-corrected chi connectivity index (χ2v) is 12.7. The maximum absolute atomic E-state index is 15.5. The highest BCUT2D eigenvalue weighted by molar-refractivity contribution is 9.10. The molecule has 0 bridgehead atoms. The Labute approximate surface area is 232 Å². The molecule has 0 aliphatic carbocycles. The van der Waals surface area contributed by atoms with E-state index in [-0.39, 0.29) is 29.8 Å². The summed E-state index contributed by atoms with van der Waals surface area (Å²) in [6.45, 7) is 12.3. The van der Waals surface area contributed by atoms with E-state index in [9.17, 15) is 9.59 Å². The summed E-state index contributed by atoms with van der Waals surface area (Å²) in [5, 5.41) is 4.18. The number of carbonyl (C=O) groups excluding carboxylic acids is 2. The zero-order valence-corrected chi connectivity index (χ0v) is 24.9. The quantitative estimate of drug-likeness (QED) is 0.283. The molecule has 0 saturated carbocycles. The van der Waals surface area contributed by atoms with Crippen molar-refractivity contribution >= 4 is 67.8 Å². The Hall–Kier alpha value is -2.37. The molecular formula is C25H30BrClFN3O5S. The highest BCUT2D eigenvalue weighted by Gasteiger charge is 2.32. The van der Waals surface area contributed by atoms with Gasteiger partial charge in [0, 0.05) is 17.3 Å². The van der Waals surface area contributed by atoms with Gasteiger partial charge in [0.1, 0.15) is 28.2 Å². The first-order chi connectivity index (χ1) is 17.1. The number of nitrogens with zero attached hydrogens (tertiary/aromatic N) is 2. The summed E-state index contributed by atoms with van der Waals surface area (Å²) in [6, 6.07) is 3.26. The van der Waals surface area contributed by atoms with Crippen molar-refractivity contribution in [3.05, 3.63) is 43.6 Å². The molecule has 3 heterocycles. The minimum Gasteiger partial charge on any atom is -0.456 e. The Bertz CT molecular complexity index is 1280. The van der Waals surface area contributed by atoms with Gasteiger partial charge in [0.15, 0.2) is 16.6 Å². The number of aromatic nitrogens is 1. The normalized spacial score (nSPS) is 12.9. The molecule has 202 valence electrons. The van der Waals surface area contributed by atoms with E-state index in [0.717, 1.165) is 9.78 Å². The first-order valence-electron chi connectivity index (χ1n) is 11.5. The van der Waals surface area contributed by atoms with Crippen molar-refractivity contribution in [2.75, 3.05) is 4.90 Å². The van der Waals surface area contributed by atoms with E-state index in [1.54, 1.807) is 48.5 Å². The molecule has 1 N–H and O–H groups in total. The molecule has 0 saturated heterocycles. The third-order valence-electron chi connectivity index (χ3n) is 4.74. The van der Waals surface area contributed by atoms with Gasteiger partial charge in [-0.2, -0.15) is 0 Å². The van der Waals surface area contributed by atoms with Gasteiger partial charge in [-0.15, -0.1) is 11.3 Å². The Morgan fingerprint density at radius 1 is 1.24 bits per heavy atom. The van der Waals surface area contributed by atoms with Gasteiger partial charge in [-0.25, -0.2) is 19.0 Å². The number of anilines is 1. The summed E-state index contributed by atoms with van der Waals surface area (Å²) >= 11 is 11.1. The van der Waals surface area contributed by atoms with Crippen molar-refractivity contribution in [3.63, 3.8) is 0 Å². The molecule has 1 atom stereocenters. The molecule has 3 aromatic heterocycles. The second kappa shape index (κ2) is 11.2. The molecule has 8 nitrogen and oxygen atoms in total. The van der Waals surface area contributed by atoms with Crippen LogP contribution in [0.5, 0.6) is 0 Å². The summed E-state index contributed by atoms with van der Waals surface area (Å²) < 4.78 is 32.9. The lowest BCUT2D eigenvalue weighted by Crippen LogP contribution is -2.38. The molecule has 12 heteroatoms. The molecule has 0 radical (unpaired) electrons. The molecule has 0 spiro atoms. The average Bonchev–Trinajstić information content (AvgIpc) is 3.34. The van der Waals surface area contributed by atoms with Crippen molar-refractivity contribution in [2.24, 2.45) is 0 Å². The number of amides is 2. The van der Waals surface area contributed by atoms with E-state index in [1.165, 1.54) is 11.3 Å². The molecule has 0 unspecified atom stereocenters. The Morgan fingerprint density at radius 2 is 1.89 bits per heavy atom. The van der Waals surface area contributed by atoms with Crippen molar-refractivity contribution in [3.8, 4) is 0 Å². The van der Waals surface area contributed by atoms with Crippen molar-refractivity contribution < 1.29 is 27.9 Å². The van der Waals surface area contributed by atoms with Crippen LogP contribution in [0.1, 0.15) is 59.1 Å². The number of thiophene rings is 1. The maximum atomic E-state index is 15.5. The number of halogens is 3. The van der Waals surface area contributed by atoms with Crippen LogP contribution < -0.4 is 10.2 Å². The third kappa shape index (κ3) is 7.58. The predicted molar refractivity (Wildman–Crippen MR) is 146 cm³/mol. The van der Waals surface area contributed by atoms with Crippen LogP contribution in [0.2, 0.25) is 5.15 Å². The molecule has 37 heavy (non-hydrogen) atoms. The first-order valence-corrected chi connectivity index (χ1v) is 13.6. The van der Waals surface area contributed by atoms with E-state index < -0.39 is 40.4 Å². The van der Waals surface area contributed by atoms with Gasteiger partial charge >= 0.3 is 12.2 Å². The molecular weight excluding hydrogens is 589 g/mol. The Balaban J connectivity index is 2.04. The molecule has 3 rings (SSSR count). The SMILES string of the molecule is C[C@@H](Cc1oc2c(N(Cc3cccs3)C(=O)OC(C)(C)C)c(F)c(Cl)nc2c1Br)NC(=O)OC(C)(C)C. The van der Waals surface area contributed by atoms with Crippen LogP contribution >= 0.6 is 38.9 Å². The van der Waals surface area contributed by atoms with Crippen LogP contribution in [0.4, 0.5) is 19.7 Å². The number of nitrogens with one attached hydrogen (secondary N) is 1. The fourth-order valence-corrected chi connectivity index (χ4v) is 4.75. The Kier molecular flexibility index (Phi) is 8.81. The number of carbonyl (C=O) groups is 2. The summed E-state index contributed by atoms with van der Waals surface area (Å²) in [6.07, 6.45) is -1.11. The number of hydrogen-bond acceptors (Lipinski definition) is 7. The van der Waals surface area contributed by atoms with E-state index in [2.05, 4.69) is 26.2 Å². The number of rotatable bonds is 6. The second-order valence-electron chi connectivity index (χ2n) is 10.5. The Morgan fingerprint density at radius 3 is 2.46 bits per heavy atom. The topological polar surface area (TPSA) is 93.9 Å². The minimum absolute atomic E-state index is 0.0238. The highest BCUT2D eigenvalue weighted by atomic mass is 79.9. The summed E-state index contributed by atoms with van der Waals surface area (Å²) in [5.41, 5.74) is -1.40. The summed E-state index contributed by atoms with van der Waals surface area (Å²) in [7, 11) is 0. The van der Waals surface area contributed by atoms with Gasteiger partial charge in [-0.3, -0.25) is 4.90 Å². The lowest BCUT2D eigenvalue weighted by molar-refractivity contribution is 0.0505. The first kappa shape index (κ1) is 29.2. The molecule has 0 aromatic carbocycles. The standard InChI is InChI=1S/C25H30BrClFN3O5S/c1-13(29-22(32)35-24(2,3)4)11-15-16(26)18-20(34-15)19(17(28)21(27)30-18)31(12-14-9-8-10-37-14)23(33)36-25(5,6)7/h8-10,13H,11-12H2,1-7H3,(H,29,32)/t13-/m0/s1. The van der Waals surface area contributed by atoms with Crippen LogP contribution in [0.25, 0.3) is 11.1 Å². The number of hydrogen-bond donors (Lipinski definition) is 1. The lowest BCUT2D eigenvalue weighted by Gasteiger charge is -2.27. The van der Waals surface area contributed by atoms with E-state index in [1.807, 2.05) is 17.5 Å². The summed E-state index contributed by atoms with van der Waals surface area (Å²) in [4.78, 5) is 31.5. The van der Waals surface area contributed by atoms with Crippen LogP contribution in [-0.4, -0.2) is 34.4 Å². The molecule has 3 aromatic rings. The van der Waals surface area contributed by atoms with Crippen LogP contribution in [0, 0.1) is 5.82 Å². The number of pyridine rings is 1. The third-order valence-corrected chi connectivity index (χ3v) is 6.67. The van der Waals surface area contributed by atoms with Crippen molar-refractivity contribution in [1.29, 1.82) is 0 Å². The van der Waals surface area contributed by atoms with Crippen LogP contribution in [0.15, 0.2) is 26.4 Å². The largest absolute Gasteiger partial charge is 0.456 e. The zero-order valence-electron chi connectivity index (χ0n) is 21.7. The molecule has 0 aliphatic rings. The lowest BCUT2D eigenvalue weighted by atomic mass is 10.2. The van der Waals surface area contributed by atoms with Gasteiger partial charge < -0.3 is 19.2 Å². The van der Waals surface area contributed by atoms with Gasteiger partial charge in [0.05, 0.1) is 11.0 Å². The number of furan rings is 1. The van der Waals surface area contributed by atoms with Gasteiger partial charge in [0.25, 0.3) is 0 Å². The molecule has 2 amide bonds. The fraction of sp³-hybridized carbons (Fsp3) is 0.480. The van der Waals surface area contributed by atoms with Gasteiger partial charge in [-0.05, 0) is 75.8 Å². The van der Waals surface area contributed by atoms with E-state index in [0.29, 0.717) is 10.2 Å². The van der Waals surface area contributed by atoms with Crippen LogP contribution in [-0.2, 0) is 22.4 Å². The van der Waals surface area contributed by atoms with Gasteiger partial charge in [-0.1, -0.05) is 17.7 Å². The smallest absolute Gasteiger partial charge is 0.415 e. The zero-order chi connectivity index (χ0) is 27.7. The van der Waals surface area contributed by atoms with E-state index >= 15 is 4.39 Å². The highest BCUT2D eigenvalue weighted by Crippen LogP contribution is 2.41. The molecule has 0 aliphatic heterocycles. The monoisotopic (exact) mass is 617 g/mol. The van der Waals surface area contributed by atoms with E-state index in [4.69, 9.17) is 25.5 Å². The van der Waals surface area contributed by atoms with Gasteiger partial charge in [0.2, 0.25) is 0 Å². The number of ether oxygens (including phenoxy) is 2. The maximum Gasteiger partial charge on any atom is 0.415 e. The summed E-state index contributed by atoms with van der Waals surface area (Å²) in [5.74, 6) is -0.529.